The van der Waals surface area contributed by atoms with Crippen LogP contribution in [-0.4, -0.2) is 29.5 Å². The highest BCUT2D eigenvalue weighted by atomic mass is 32.1. The number of carbonyl (C=O) groups is 1. The van der Waals surface area contributed by atoms with Crippen LogP contribution < -0.4 is 10.2 Å². The van der Waals surface area contributed by atoms with Gasteiger partial charge in [0.25, 0.3) is 5.91 Å². The van der Waals surface area contributed by atoms with E-state index in [0.29, 0.717) is 12.4 Å². The molecule has 0 saturated carbocycles. The van der Waals surface area contributed by atoms with Gasteiger partial charge in [0, 0.05) is 17.6 Å². The van der Waals surface area contributed by atoms with Gasteiger partial charge in [0.15, 0.2) is 0 Å². The highest BCUT2D eigenvalue weighted by Gasteiger charge is 2.31. The Labute approximate surface area is 115 Å². The number of nitrogens with one attached hydrogen (secondary N) is 1. The van der Waals surface area contributed by atoms with Crippen molar-refractivity contribution in [1.29, 1.82) is 0 Å². The van der Waals surface area contributed by atoms with Crippen molar-refractivity contribution < 1.29 is 4.79 Å². The molecule has 3 heterocycles. The molecule has 0 fully saturated rings. The number of amides is 1. The monoisotopic (exact) mass is 274 g/mol. The first-order valence-electron chi connectivity index (χ1n) is 6.12. The molecule has 0 aromatic carbocycles. The zero-order valence-electron chi connectivity index (χ0n) is 10.5. The molecule has 0 bridgehead atoms. The first-order valence-corrected chi connectivity index (χ1v) is 7.00. The minimum absolute atomic E-state index is 0.0439. The Hall–Kier alpha value is -1.79. The lowest BCUT2D eigenvalue weighted by Gasteiger charge is -2.23. The second-order valence-corrected chi connectivity index (χ2v) is 5.29. The van der Waals surface area contributed by atoms with Crippen LogP contribution in [0, 0.1) is 0 Å². The summed E-state index contributed by atoms with van der Waals surface area (Å²) < 4.78 is 0. The Balaban J connectivity index is 1.99. The van der Waals surface area contributed by atoms with Crippen molar-refractivity contribution >= 4 is 23.1 Å². The summed E-state index contributed by atoms with van der Waals surface area (Å²) in [5.41, 5.74) is 1.24. The summed E-state index contributed by atoms with van der Waals surface area (Å²) in [7, 11) is 1.82. The van der Waals surface area contributed by atoms with Gasteiger partial charge in [-0.15, -0.1) is 11.3 Å². The largest absolute Gasteiger partial charge is 0.305 e. The molecule has 6 heteroatoms. The van der Waals surface area contributed by atoms with E-state index in [9.17, 15) is 4.79 Å². The Kier molecular flexibility index (Phi) is 3.27. The van der Waals surface area contributed by atoms with Crippen LogP contribution in [0.1, 0.15) is 16.5 Å². The number of carbonyl (C=O) groups excluding carboxylic acids is 1. The summed E-state index contributed by atoms with van der Waals surface area (Å²) >= 11 is 1.63. The number of aromatic nitrogens is 2. The maximum absolute atomic E-state index is 12.6. The Morgan fingerprint density at radius 1 is 1.47 bits per heavy atom. The third kappa shape index (κ3) is 2.13. The highest BCUT2D eigenvalue weighted by molar-refractivity contribution is 7.10. The third-order valence-electron chi connectivity index (χ3n) is 3.29. The van der Waals surface area contributed by atoms with Crippen molar-refractivity contribution in [3.05, 3.63) is 40.5 Å². The molecule has 19 heavy (non-hydrogen) atoms. The average Bonchev–Trinajstić information content (AvgIpc) is 2.85. The van der Waals surface area contributed by atoms with Gasteiger partial charge in [0.05, 0.1) is 0 Å². The van der Waals surface area contributed by atoms with Crippen molar-refractivity contribution in [2.24, 2.45) is 0 Å². The molecule has 3 rings (SSSR count). The van der Waals surface area contributed by atoms with Crippen LogP contribution >= 0.6 is 11.3 Å². The first kappa shape index (κ1) is 12.3. The summed E-state index contributed by atoms with van der Waals surface area (Å²) in [5.74, 6) is 0.706. The van der Waals surface area contributed by atoms with Gasteiger partial charge < -0.3 is 5.32 Å². The number of fused-ring (bicyclic) bond motifs is 1. The van der Waals surface area contributed by atoms with Crippen molar-refractivity contribution in [3.8, 4) is 0 Å². The topological polar surface area (TPSA) is 58.1 Å². The fraction of sp³-hybridized carbons (Fsp3) is 0.308. The summed E-state index contributed by atoms with van der Waals surface area (Å²) in [5, 5.41) is 5.16. The van der Waals surface area contributed by atoms with Gasteiger partial charge in [-0.25, -0.2) is 9.97 Å². The van der Waals surface area contributed by atoms with Gasteiger partial charge in [-0.2, -0.15) is 0 Å². The maximum Gasteiger partial charge on any atom is 0.250 e. The standard InChI is InChI=1S/C13H14N4OS/c1-14-11-12-9(4-7-19-12)3-6-17(13(11)18)10-2-5-15-8-16-10/h2,4-5,7-8,11,14H,3,6H2,1H3. The zero-order chi connectivity index (χ0) is 13.2. The Morgan fingerprint density at radius 2 is 2.37 bits per heavy atom. The van der Waals surface area contributed by atoms with Gasteiger partial charge in [-0.05, 0) is 36.5 Å². The van der Waals surface area contributed by atoms with E-state index in [1.807, 2.05) is 12.4 Å². The molecular formula is C13H14N4OS. The molecule has 1 amide bonds. The van der Waals surface area contributed by atoms with Gasteiger partial charge >= 0.3 is 0 Å². The number of anilines is 1. The molecule has 98 valence electrons. The third-order valence-corrected chi connectivity index (χ3v) is 4.32. The molecule has 1 aliphatic rings. The fourth-order valence-corrected chi connectivity index (χ4v) is 3.40. The molecule has 1 atom stereocenters. The van der Waals surface area contributed by atoms with E-state index in [1.54, 1.807) is 28.5 Å². The van der Waals surface area contributed by atoms with Crippen LogP contribution in [0.2, 0.25) is 0 Å². The smallest absolute Gasteiger partial charge is 0.250 e. The number of hydrogen-bond acceptors (Lipinski definition) is 5. The van der Waals surface area contributed by atoms with Crippen LogP contribution in [-0.2, 0) is 11.2 Å². The summed E-state index contributed by atoms with van der Waals surface area (Å²) in [6.45, 7) is 0.651. The van der Waals surface area contributed by atoms with Crippen molar-refractivity contribution in [2.45, 2.75) is 12.5 Å². The number of rotatable bonds is 2. The zero-order valence-corrected chi connectivity index (χ0v) is 11.4. The predicted octanol–water partition coefficient (Wildman–Crippen LogP) is 1.39. The molecule has 1 N–H and O–H groups in total. The molecule has 2 aromatic rings. The van der Waals surface area contributed by atoms with Crippen molar-refractivity contribution in [1.82, 2.24) is 15.3 Å². The van der Waals surface area contributed by atoms with Crippen LogP contribution in [0.25, 0.3) is 0 Å². The quantitative estimate of drug-likeness (QED) is 0.899. The van der Waals surface area contributed by atoms with E-state index in [-0.39, 0.29) is 11.9 Å². The van der Waals surface area contributed by atoms with Crippen LogP contribution in [0.5, 0.6) is 0 Å². The van der Waals surface area contributed by atoms with Crippen LogP contribution in [0.3, 0.4) is 0 Å². The van der Waals surface area contributed by atoms with E-state index in [1.165, 1.54) is 11.9 Å². The van der Waals surface area contributed by atoms with Gasteiger partial charge in [-0.3, -0.25) is 9.69 Å². The molecule has 2 aromatic heterocycles. The first-order chi connectivity index (χ1) is 9.31. The van der Waals surface area contributed by atoms with Gasteiger partial charge in [0.2, 0.25) is 0 Å². The molecule has 0 saturated heterocycles. The van der Waals surface area contributed by atoms with E-state index in [4.69, 9.17) is 0 Å². The molecule has 1 unspecified atom stereocenters. The van der Waals surface area contributed by atoms with E-state index in [0.717, 1.165) is 11.3 Å². The van der Waals surface area contributed by atoms with Gasteiger partial charge in [-0.1, -0.05) is 0 Å². The summed E-state index contributed by atoms with van der Waals surface area (Å²) in [4.78, 5) is 23.6. The summed E-state index contributed by atoms with van der Waals surface area (Å²) in [6.07, 6.45) is 3.98. The second kappa shape index (κ2) is 5.07. The SMILES string of the molecule is CNC1C(=O)N(c2ccncn2)CCc2ccsc21. The molecule has 5 nitrogen and oxygen atoms in total. The lowest BCUT2D eigenvalue weighted by atomic mass is 10.1. The number of hydrogen-bond donors (Lipinski definition) is 1. The minimum Gasteiger partial charge on any atom is -0.305 e. The van der Waals surface area contributed by atoms with E-state index >= 15 is 0 Å². The Bertz CT molecular complexity index is 583. The normalized spacial score (nSPS) is 19.1. The molecule has 0 aliphatic carbocycles. The van der Waals surface area contributed by atoms with E-state index in [2.05, 4.69) is 21.4 Å². The highest BCUT2D eigenvalue weighted by Crippen LogP contribution is 2.30. The lowest BCUT2D eigenvalue weighted by Crippen LogP contribution is -2.39. The number of nitrogens with zero attached hydrogens (tertiary/aromatic N) is 3. The van der Waals surface area contributed by atoms with Crippen molar-refractivity contribution in [2.75, 3.05) is 18.5 Å². The summed E-state index contributed by atoms with van der Waals surface area (Å²) in [6, 6.07) is 3.58. The van der Waals surface area contributed by atoms with Crippen molar-refractivity contribution in [3.63, 3.8) is 0 Å². The second-order valence-electron chi connectivity index (χ2n) is 4.34. The maximum atomic E-state index is 12.6. The lowest BCUT2D eigenvalue weighted by molar-refractivity contribution is -0.120. The predicted molar refractivity (Wildman–Crippen MR) is 74.2 cm³/mol. The van der Waals surface area contributed by atoms with Crippen LogP contribution in [0.15, 0.2) is 30.0 Å². The molecule has 0 spiro atoms. The van der Waals surface area contributed by atoms with E-state index < -0.39 is 0 Å². The Morgan fingerprint density at radius 3 is 3.11 bits per heavy atom. The average molecular weight is 274 g/mol. The molecular weight excluding hydrogens is 260 g/mol. The fourth-order valence-electron chi connectivity index (χ4n) is 2.34. The van der Waals surface area contributed by atoms with Gasteiger partial charge in [0.1, 0.15) is 18.2 Å². The number of likely N-dealkylation sites (N-methyl/N-ethyl adjacent to an activating group) is 1. The minimum atomic E-state index is -0.285. The van der Waals surface area contributed by atoms with Crippen LogP contribution in [0.4, 0.5) is 5.82 Å². The molecule has 0 radical (unpaired) electrons. The number of thiophene rings is 1. The molecule has 1 aliphatic heterocycles.